The van der Waals surface area contributed by atoms with E-state index in [1.54, 1.807) is 18.2 Å². The molecule has 0 atom stereocenters. The summed E-state index contributed by atoms with van der Waals surface area (Å²) in [5.41, 5.74) is 7.89. The highest BCUT2D eigenvalue weighted by molar-refractivity contribution is 6.46. The fourth-order valence-electron chi connectivity index (χ4n) is 1.70. The topological polar surface area (TPSA) is 110 Å². The van der Waals surface area contributed by atoms with E-state index in [1.807, 2.05) is 0 Å². The first kappa shape index (κ1) is 18.1. The molecule has 7 nitrogen and oxygen atoms in total. The number of nitrogens with one attached hydrogen (secondary N) is 1. The fraction of sp³-hybridized carbons (Fsp3) is 0.0714. The summed E-state index contributed by atoms with van der Waals surface area (Å²) in [5.74, 6) is -0.593. The first-order valence-corrected chi connectivity index (χ1v) is 7.49. The molecule has 4 N–H and O–H groups in total. The van der Waals surface area contributed by atoms with E-state index in [2.05, 4.69) is 15.5 Å². The molecule has 0 aliphatic carbocycles. The second-order valence-electron chi connectivity index (χ2n) is 4.39. The molecule has 1 aromatic carbocycles. The number of aromatic nitrogens is 1. The summed E-state index contributed by atoms with van der Waals surface area (Å²) < 4.78 is 4.97. The van der Waals surface area contributed by atoms with Crippen molar-refractivity contribution in [2.75, 3.05) is 12.8 Å². The average molecular weight is 390 g/mol. The standard InChI is InChI=1S/C14H11Cl3N4O3/c1-24-7-4-2-3-6(12(7)22)5-19-21-14(23)11-8(15)10(18)9(16)13(17)20-11/h2-5,22H,1H3,(H2,18,20)(H,21,23). The zero-order chi connectivity index (χ0) is 17.9. The number of anilines is 1. The molecule has 1 aromatic heterocycles. The second kappa shape index (κ2) is 7.57. The van der Waals surface area contributed by atoms with Crippen molar-refractivity contribution in [1.82, 2.24) is 10.4 Å². The number of nitrogen functional groups attached to an aromatic ring is 1. The van der Waals surface area contributed by atoms with Crippen LogP contribution in [0.1, 0.15) is 16.1 Å². The van der Waals surface area contributed by atoms with Gasteiger partial charge in [0.1, 0.15) is 5.02 Å². The number of aromatic hydroxyl groups is 1. The Bertz CT molecular complexity index is 827. The molecule has 0 spiro atoms. The lowest BCUT2D eigenvalue weighted by atomic mass is 10.2. The molecule has 0 saturated heterocycles. The molecule has 1 amide bonds. The number of carbonyl (C=O) groups excluding carboxylic acids is 1. The Morgan fingerprint density at radius 1 is 1.38 bits per heavy atom. The van der Waals surface area contributed by atoms with Gasteiger partial charge in [-0.25, -0.2) is 10.4 Å². The van der Waals surface area contributed by atoms with Crippen LogP contribution in [0.15, 0.2) is 23.3 Å². The summed E-state index contributed by atoms with van der Waals surface area (Å²) in [4.78, 5) is 15.8. The normalized spacial score (nSPS) is 10.8. The Balaban J connectivity index is 2.20. The monoisotopic (exact) mass is 388 g/mol. The molecule has 1 heterocycles. The van der Waals surface area contributed by atoms with Crippen LogP contribution in [-0.2, 0) is 0 Å². The van der Waals surface area contributed by atoms with Crippen LogP contribution in [0, 0.1) is 0 Å². The van der Waals surface area contributed by atoms with Gasteiger partial charge in [0.2, 0.25) is 0 Å². The van der Waals surface area contributed by atoms with Crippen molar-refractivity contribution in [2.24, 2.45) is 5.10 Å². The predicted octanol–water partition coefficient (Wildman–Crippen LogP) is 3.10. The van der Waals surface area contributed by atoms with Crippen LogP contribution in [0.3, 0.4) is 0 Å². The van der Waals surface area contributed by atoms with E-state index >= 15 is 0 Å². The van der Waals surface area contributed by atoms with Crippen LogP contribution >= 0.6 is 34.8 Å². The van der Waals surface area contributed by atoms with E-state index < -0.39 is 5.91 Å². The van der Waals surface area contributed by atoms with Crippen molar-refractivity contribution in [2.45, 2.75) is 0 Å². The number of para-hydroxylation sites is 1. The lowest BCUT2D eigenvalue weighted by molar-refractivity contribution is 0.0950. The van der Waals surface area contributed by atoms with E-state index in [0.29, 0.717) is 5.56 Å². The third-order valence-corrected chi connectivity index (χ3v) is 4.04. The van der Waals surface area contributed by atoms with Crippen LogP contribution in [0.25, 0.3) is 0 Å². The number of carbonyl (C=O) groups is 1. The van der Waals surface area contributed by atoms with E-state index in [1.165, 1.54) is 13.3 Å². The number of ether oxygens (including phenoxy) is 1. The molecule has 2 aromatic rings. The molecule has 0 radical (unpaired) electrons. The van der Waals surface area contributed by atoms with Crippen LogP contribution in [0.2, 0.25) is 15.2 Å². The maximum absolute atomic E-state index is 12.1. The number of phenolic OH excluding ortho intramolecular Hbond substituents is 1. The maximum Gasteiger partial charge on any atom is 0.291 e. The van der Waals surface area contributed by atoms with Gasteiger partial charge in [-0.05, 0) is 12.1 Å². The zero-order valence-corrected chi connectivity index (χ0v) is 14.4. The van der Waals surface area contributed by atoms with Gasteiger partial charge in [-0.1, -0.05) is 40.9 Å². The van der Waals surface area contributed by atoms with Crippen molar-refractivity contribution < 1.29 is 14.6 Å². The van der Waals surface area contributed by atoms with Gasteiger partial charge in [0, 0.05) is 5.56 Å². The van der Waals surface area contributed by atoms with Gasteiger partial charge >= 0.3 is 0 Å². The summed E-state index contributed by atoms with van der Waals surface area (Å²) in [6, 6.07) is 4.81. The minimum absolute atomic E-state index is 0.0389. The number of pyridine rings is 1. The van der Waals surface area contributed by atoms with E-state index in [9.17, 15) is 9.90 Å². The highest BCUT2D eigenvalue weighted by Gasteiger charge is 2.19. The molecule has 0 aliphatic rings. The molecule has 0 saturated carbocycles. The quantitative estimate of drug-likeness (QED) is 0.423. The van der Waals surface area contributed by atoms with E-state index in [-0.39, 0.29) is 38.1 Å². The largest absolute Gasteiger partial charge is 0.504 e. The minimum atomic E-state index is -0.746. The van der Waals surface area contributed by atoms with Gasteiger partial charge < -0.3 is 15.6 Å². The van der Waals surface area contributed by atoms with Crippen LogP contribution in [0.4, 0.5) is 5.69 Å². The predicted molar refractivity (Wildman–Crippen MR) is 93.4 cm³/mol. The Labute approximate surface area is 152 Å². The summed E-state index contributed by atoms with van der Waals surface area (Å²) in [7, 11) is 1.42. The Morgan fingerprint density at radius 2 is 2.08 bits per heavy atom. The number of amides is 1. The number of methoxy groups -OCH3 is 1. The van der Waals surface area contributed by atoms with Gasteiger partial charge in [-0.15, -0.1) is 0 Å². The maximum atomic E-state index is 12.1. The molecular weight excluding hydrogens is 379 g/mol. The Hall–Kier alpha value is -2.22. The van der Waals surface area contributed by atoms with Crippen molar-refractivity contribution in [1.29, 1.82) is 0 Å². The molecule has 0 bridgehead atoms. The number of halogens is 3. The molecule has 10 heteroatoms. The second-order valence-corrected chi connectivity index (χ2v) is 5.50. The van der Waals surface area contributed by atoms with Crippen LogP contribution < -0.4 is 15.9 Å². The number of rotatable bonds is 4. The molecule has 2 rings (SSSR count). The first-order valence-electron chi connectivity index (χ1n) is 6.36. The number of nitrogens with zero attached hydrogens (tertiary/aromatic N) is 2. The molecular formula is C14H11Cl3N4O3. The van der Waals surface area contributed by atoms with Crippen LogP contribution in [-0.4, -0.2) is 29.3 Å². The van der Waals surface area contributed by atoms with E-state index in [4.69, 9.17) is 45.3 Å². The van der Waals surface area contributed by atoms with Crippen molar-refractivity contribution in [3.63, 3.8) is 0 Å². The smallest absolute Gasteiger partial charge is 0.291 e. The molecule has 126 valence electrons. The third-order valence-electron chi connectivity index (χ3n) is 2.91. The number of phenols is 1. The number of benzene rings is 1. The summed E-state index contributed by atoms with van der Waals surface area (Å²) in [6.45, 7) is 0. The molecule has 0 fully saturated rings. The lowest BCUT2D eigenvalue weighted by Gasteiger charge is -2.08. The molecule has 0 unspecified atom stereocenters. The van der Waals surface area contributed by atoms with Crippen molar-refractivity contribution >= 4 is 52.6 Å². The highest BCUT2D eigenvalue weighted by atomic mass is 35.5. The van der Waals surface area contributed by atoms with Gasteiger partial charge in [0.05, 0.1) is 24.0 Å². The zero-order valence-electron chi connectivity index (χ0n) is 12.2. The molecule has 0 aliphatic heterocycles. The molecule has 24 heavy (non-hydrogen) atoms. The summed E-state index contributed by atoms with van der Waals surface area (Å²) in [6.07, 6.45) is 1.23. The first-order chi connectivity index (χ1) is 11.4. The van der Waals surface area contributed by atoms with Crippen LogP contribution in [0.5, 0.6) is 11.5 Å². The van der Waals surface area contributed by atoms with Crippen molar-refractivity contribution in [3.05, 3.63) is 44.7 Å². The minimum Gasteiger partial charge on any atom is -0.504 e. The highest BCUT2D eigenvalue weighted by Crippen LogP contribution is 2.34. The Morgan fingerprint density at radius 3 is 2.75 bits per heavy atom. The third kappa shape index (κ3) is 3.64. The number of hydrogen-bond donors (Lipinski definition) is 3. The van der Waals surface area contributed by atoms with Gasteiger partial charge in [-0.3, -0.25) is 4.79 Å². The lowest BCUT2D eigenvalue weighted by Crippen LogP contribution is -2.20. The Kier molecular flexibility index (Phi) is 5.71. The summed E-state index contributed by atoms with van der Waals surface area (Å²) >= 11 is 17.5. The summed E-state index contributed by atoms with van der Waals surface area (Å²) in [5, 5.41) is 13.3. The number of nitrogens with two attached hydrogens (primary N) is 1. The fourth-order valence-corrected chi connectivity index (χ4v) is 2.30. The van der Waals surface area contributed by atoms with Gasteiger partial charge in [-0.2, -0.15) is 5.10 Å². The van der Waals surface area contributed by atoms with Crippen molar-refractivity contribution in [3.8, 4) is 11.5 Å². The van der Waals surface area contributed by atoms with Gasteiger partial charge in [0.15, 0.2) is 22.3 Å². The van der Waals surface area contributed by atoms with E-state index in [0.717, 1.165) is 0 Å². The number of hydrogen-bond acceptors (Lipinski definition) is 6. The SMILES string of the molecule is COc1cccc(C=NNC(=O)c2nc(Cl)c(Cl)c(N)c2Cl)c1O. The van der Waals surface area contributed by atoms with Gasteiger partial charge in [0.25, 0.3) is 5.91 Å². The average Bonchev–Trinajstić information content (AvgIpc) is 2.57. The number of hydrazone groups is 1.